The number of rotatable bonds is 8. The van der Waals surface area contributed by atoms with Crippen molar-refractivity contribution in [3.8, 4) is 5.75 Å². The molecule has 0 aliphatic rings. The second-order valence-corrected chi connectivity index (χ2v) is 9.02. The van der Waals surface area contributed by atoms with Gasteiger partial charge in [-0.3, -0.25) is 4.79 Å². The normalized spacial score (nSPS) is 12.2. The maximum atomic E-state index is 13.5. The number of hydrogen-bond donors (Lipinski definition) is 1. The topological polar surface area (TPSA) is 90.7 Å². The molecular formula is C25H29ClN2O5. The average molecular weight is 473 g/mol. The molecule has 0 bridgehead atoms. The number of carbonyl (C=O) groups is 1. The van der Waals surface area contributed by atoms with Gasteiger partial charge < -0.3 is 19.2 Å². The Labute approximate surface area is 198 Å². The van der Waals surface area contributed by atoms with Crippen molar-refractivity contribution in [3.63, 3.8) is 0 Å². The third-order valence-corrected chi connectivity index (χ3v) is 5.33. The van der Waals surface area contributed by atoms with Crippen molar-refractivity contribution in [3.05, 3.63) is 68.7 Å². The fraction of sp³-hybridized carbons (Fsp3) is 0.400. The Bertz CT molecular complexity index is 1190. The van der Waals surface area contributed by atoms with E-state index < -0.39 is 12.2 Å². The molecule has 8 heteroatoms. The van der Waals surface area contributed by atoms with E-state index in [0.717, 1.165) is 5.56 Å². The number of pyridine rings is 1. The summed E-state index contributed by atoms with van der Waals surface area (Å²) in [7, 11) is 1.59. The first-order valence-electron chi connectivity index (χ1n) is 10.9. The van der Waals surface area contributed by atoms with E-state index >= 15 is 0 Å². The molecular weight excluding hydrogens is 444 g/mol. The maximum Gasteiger partial charge on any atom is 0.407 e. The third kappa shape index (κ3) is 6.05. The molecule has 0 spiro atoms. The Morgan fingerprint density at radius 1 is 1.18 bits per heavy atom. The van der Waals surface area contributed by atoms with Gasteiger partial charge in [0.05, 0.1) is 12.5 Å². The first kappa shape index (κ1) is 24.6. The van der Waals surface area contributed by atoms with Crippen LogP contribution in [0.25, 0.3) is 11.1 Å². The first-order chi connectivity index (χ1) is 15.7. The molecule has 0 aliphatic heterocycles. The molecule has 176 valence electrons. The number of nitrogens with zero attached hydrogens (tertiary/aromatic N) is 1. The van der Waals surface area contributed by atoms with Crippen LogP contribution in [0.1, 0.15) is 50.7 Å². The minimum absolute atomic E-state index is 0.105. The van der Waals surface area contributed by atoms with Crippen molar-refractivity contribution >= 4 is 28.8 Å². The van der Waals surface area contributed by atoms with Crippen LogP contribution < -0.4 is 15.5 Å². The fourth-order valence-corrected chi connectivity index (χ4v) is 3.57. The van der Waals surface area contributed by atoms with Crippen molar-refractivity contribution in [2.24, 2.45) is 11.8 Å². The molecule has 0 saturated carbocycles. The van der Waals surface area contributed by atoms with Crippen LogP contribution in [-0.2, 0) is 11.2 Å². The van der Waals surface area contributed by atoms with Crippen molar-refractivity contribution < 1.29 is 18.7 Å². The minimum atomic E-state index is -0.796. The average Bonchev–Trinajstić information content (AvgIpc) is 2.77. The lowest BCUT2D eigenvalue weighted by Gasteiger charge is -2.23. The van der Waals surface area contributed by atoms with Gasteiger partial charge in [-0.2, -0.15) is 0 Å². The molecule has 1 aromatic carbocycles. The Balaban J connectivity index is 2.12. The minimum Gasteiger partial charge on any atom is -0.497 e. The molecule has 1 N–H and O–H groups in total. The van der Waals surface area contributed by atoms with Crippen LogP contribution in [0.5, 0.6) is 5.75 Å². The molecule has 3 aromatic rings. The van der Waals surface area contributed by atoms with Gasteiger partial charge in [-0.05, 0) is 41.7 Å². The predicted molar refractivity (Wildman–Crippen MR) is 128 cm³/mol. The summed E-state index contributed by atoms with van der Waals surface area (Å²) < 4.78 is 17.2. The summed E-state index contributed by atoms with van der Waals surface area (Å²) in [4.78, 5) is 30.2. The highest BCUT2D eigenvalue weighted by atomic mass is 35.5. The van der Waals surface area contributed by atoms with E-state index in [1.165, 1.54) is 0 Å². The molecule has 3 rings (SSSR count). The molecule has 1 amide bonds. The number of hydrogen-bond acceptors (Lipinski definition) is 6. The highest BCUT2D eigenvalue weighted by Crippen LogP contribution is 2.31. The largest absolute Gasteiger partial charge is 0.497 e. The van der Waals surface area contributed by atoms with Crippen LogP contribution in [0.15, 0.2) is 45.6 Å². The Morgan fingerprint density at radius 3 is 2.61 bits per heavy atom. The molecule has 2 aromatic heterocycles. The lowest BCUT2D eigenvalue weighted by molar-refractivity contribution is 0.0557. The number of nitrogens with one attached hydrogen (secondary N) is 1. The molecule has 0 saturated heterocycles. The second-order valence-electron chi connectivity index (χ2n) is 8.63. The van der Waals surface area contributed by atoms with Gasteiger partial charge in [0, 0.05) is 18.5 Å². The number of fused-ring (bicyclic) bond motifs is 1. The van der Waals surface area contributed by atoms with Gasteiger partial charge in [0.2, 0.25) is 5.71 Å². The van der Waals surface area contributed by atoms with Gasteiger partial charge in [0.25, 0.3) is 0 Å². The molecule has 7 nitrogen and oxygen atoms in total. The highest BCUT2D eigenvalue weighted by molar-refractivity contribution is 6.29. The van der Waals surface area contributed by atoms with E-state index in [1.54, 1.807) is 19.2 Å². The predicted octanol–water partition coefficient (Wildman–Crippen LogP) is 5.52. The Kier molecular flexibility index (Phi) is 7.97. The van der Waals surface area contributed by atoms with E-state index in [1.807, 2.05) is 52.0 Å². The van der Waals surface area contributed by atoms with Gasteiger partial charge in [0.15, 0.2) is 17.3 Å². The molecule has 1 unspecified atom stereocenters. The Hall–Kier alpha value is -3.06. The summed E-state index contributed by atoms with van der Waals surface area (Å²) in [5, 5.41) is 3.26. The lowest BCUT2D eigenvalue weighted by atomic mass is 9.95. The van der Waals surface area contributed by atoms with Crippen LogP contribution in [0.3, 0.4) is 0 Å². The van der Waals surface area contributed by atoms with E-state index in [9.17, 15) is 9.59 Å². The Morgan fingerprint density at radius 2 is 1.94 bits per heavy atom. The summed E-state index contributed by atoms with van der Waals surface area (Å²) in [6, 6.07) is 10.6. The summed E-state index contributed by atoms with van der Waals surface area (Å²) in [5.41, 5.74) is 1.12. The van der Waals surface area contributed by atoms with Crippen LogP contribution in [0.2, 0.25) is 5.15 Å². The maximum absolute atomic E-state index is 13.5. The number of halogens is 1. The molecule has 0 fully saturated rings. The van der Waals surface area contributed by atoms with Crippen molar-refractivity contribution in [2.45, 2.75) is 40.2 Å². The highest BCUT2D eigenvalue weighted by Gasteiger charge is 2.29. The van der Waals surface area contributed by atoms with E-state index in [4.69, 9.17) is 25.5 Å². The number of alkyl carbamates (subject to hydrolysis) is 1. The van der Waals surface area contributed by atoms with Gasteiger partial charge in [-0.1, -0.05) is 51.4 Å². The van der Waals surface area contributed by atoms with Crippen LogP contribution in [0.4, 0.5) is 4.79 Å². The first-order valence-corrected chi connectivity index (χ1v) is 11.3. The van der Waals surface area contributed by atoms with Gasteiger partial charge in [-0.15, -0.1) is 0 Å². The monoisotopic (exact) mass is 472 g/mol. The number of aromatic nitrogens is 1. The van der Waals surface area contributed by atoms with Crippen LogP contribution in [-0.4, -0.2) is 24.7 Å². The van der Waals surface area contributed by atoms with Crippen LogP contribution in [0, 0.1) is 11.8 Å². The number of methoxy groups -OCH3 is 1. The van der Waals surface area contributed by atoms with Gasteiger partial charge >= 0.3 is 6.09 Å². The zero-order valence-electron chi connectivity index (χ0n) is 19.5. The molecule has 33 heavy (non-hydrogen) atoms. The fourth-order valence-electron chi connectivity index (χ4n) is 3.43. The zero-order chi connectivity index (χ0) is 24.1. The standard InChI is InChI=1S/C25H29ClN2O5/c1-14(2)13-27-25(30)33-22(15(3)4)23-19(12-16-7-6-8-17(11-16)31-5)21(29)18-9-10-20(26)28-24(18)32-23/h6-11,14-15,22H,12-13H2,1-5H3,(H,27,30). The van der Waals surface area contributed by atoms with Crippen molar-refractivity contribution in [1.29, 1.82) is 0 Å². The quantitative estimate of drug-likeness (QED) is 0.434. The molecule has 2 heterocycles. The SMILES string of the molecule is COc1cccc(Cc2c(C(OC(=O)NCC(C)C)C(C)C)oc3nc(Cl)ccc3c2=O)c1. The summed E-state index contributed by atoms with van der Waals surface area (Å²) in [5.74, 6) is 1.04. The molecule has 1 atom stereocenters. The number of amides is 1. The third-order valence-electron chi connectivity index (χ3n) is 5.12. The summed E-state index contributed by atoms with van der Waals surface area (Å²) in [6.45, 7) is 8.24. The summed E-state index contributed by atoms with van der Waals surface area (Å²) >= 11 is 6.04. The second kappa shape index (κ2) is 10.7. The molecule has 0 radical (unpaired) electrons. The number of benzene rings is 1. The number of ether oxygens (including phenoxy) is 2. The van der Waals surface area contributed by atoms with Crippen molar-refractivity contribution in [1.82, 2.24) is 10.3 Å². The zero-order valence-corrected chi connectivity index (χ0v) is 20.2. The molecule has 0 aliphatic carbocycles. The summed E-state index contributed by atoms with van der Waals surface area (Å²) in [6.07, 6.45) is -1.10. The van der Waals surface area contributed by atoms with Crippen LogP contribution >= 0.6 is 11.6 Å². The van der Waals surface area contributed by atoms with Crippen molar-refractivity contribution in [2.75, 3.05) is 13.7 Å². The van der Waals surface area contributed by atoms with Gasteiger partial charge in [0.1, 0.15) is 10.9 Å². The van der Waals surface area contributed by atoms with E-state index in [2.05, 4.69) is 10.3 Å². The van der Waals surface area contributed by atoms with Gasteiger partial charge in [-0.25, -0.2) is 9.78 Å². The lowest BCUT2D eigenvalue weighted by Crippen LogP contribution is -2.31. The smallest absolute Gasteiger partial charge is 0.407 e. The number of carbonyl (C=O) groups excluding carboxylic acids is 1. The van der Waals surface area contributed by atoms with E-state index in [-0.39, 0.29) is 40.3 Å². The van der Waals surface area contributed by atoms with E-state index in [0.29, 0.717) is 23.2 Å².